The zero-order chi connectivity index (χ0) is 14.0. The predicted octanol–water partition coefficient (Wildman–Crippen LogP) is 3.26. The quantitative estimate of drug-likeness (QED) is 0.874. The highest BCUT2D eigenvalue weighted by atomic mass is 32.1. The Morgan fingerprint density at radius 1 is 1.32 bits per heavy atom. The summed E-state index contributed by atoms with van der Waals surface area (Å²) in [6, 6.07) is 6.39. The molecule has 0 fully saturated rings. The lowest BCUT2D eigenvalue weighted by molar-refractivity contribution is 0.426. The van der Waals surface area contributed by atoms with Crippen molar-refractivity contribution >= 4 is 17.2 Å². The van der Waals surface area contributed by atoms with Crippen molar-refractivity contribution in [1.29, 1.82) is 0 Å². The number of rotatable bonds is 3. The maximum atomic E-state index is 13.7. The molecule has 0 radical (unpaired) electrons. The van der Waals surface area contributed by atoms with Gasteiger partial charge in [-0.25, -0.2) is 9.37 Å². The number of thiocarbonyl (C=S) groups is 1. The summed E-state index contributed by atoms with van der Waals surface area (Å²) in [5.74, 6) is -0.129. The van der Waals surface area contributed by atoms with Crippen molar-refractivity contribution in [1.82, 2.24) is 4.98 Å². The Kier molecular flexibility index (Phi) is 3.76. The van der Waals surface area contributed by atoms with E-state index >= 15 is 0 Å². The molecular formula is C14H13FN2OS. The van der Waals surface area contributed by atoms with E-state index < -0.39 is 5.82 Å². The SMILES string of the molecule is Cc1ccc(F)c(Oc2nccc(C)c2C(N)=S)c1. The monoisotopic (exact) mass is 276 g/mol. The van der Waals surface area contributed by atoms with Crippen LogP contribution in [0.3, 0.4) is 0 Å². The number of aromatic nitrogens is 1. The van der Waals surface area contributed by atoms with E-state index in [1.807, 2.05) is 13.8 Å². The first kappa shape index (κ1) is 13.4. The summed E-state index contributed by atoms with van der Waals surface area (Å²) in [7, 11) is 0. The van der Waals surface area contributed by atoms with Crippen LogP contribution in [0.15, 0.2) is 30.5 Å². The van der Waals surface area contributed by atoms with Gasteiger partial charge in [0.1, 0.15) is 4.99 Å². The van der Waals surface area contributed by atoms with Crippen molar-refractivity contribution in [2.45, 2.75) is 13.8 Å². The third-order valence-corrected chi connectivity index (χ3v) is 2.87. The molecule has 0 aliphatic heterocycles. The molecule has 1 heterocycles. The Morgan fingerprint density at radius 3 is 2.74 bits per heavy atom. The molecule has 98 valence electrons. The fraction of sp³-hybridized carbons (Fsp3) is 0.143. The van der Waals surface area contributed by atoms with Gasteiger partial charge in [0, 0.05) is 6.20 Å². The standard InChI is InChI=1S/C14H13FN2OS/c1-8-3-4-10(15)11(7-8)18-14-12(13(16)19)9(2)5-6-17-14/h3-7H,1-2H3,(H2,16,19). The van der Waals surface area contributed by atoms with E-state index in [9.17, 15) is 4.39 Å². The van der Waals surface area contributed by atoms with E-state index in [4.69, 9.17) is 22.7 Å². The van der Waals surface area contributed by atoms with Gasteiger partial charge in [0.15, 0.2) is 11.6 Å². The Morgan fingerprint density at radius 2 is 2.05 bits per heavy atom. The van der Waals surface area contributed by atoms with Crippen LogP contribution in [0.2, 0.25) is 0 Å². The molecule has 2 rings (SSSR count). The zero-order valence-corrected chi connectivity index (χ0v) is 11.4. The van der Waals surface area contributed by atoms with E-state index in [1.165, 1.54) is 6.07 Å². The Labute approximate surface area is 116 Å². The van der Waals surface area contributed by atoms with Crippen molar-refractivity contribution < 1.29 is 9.13 Å². The van der Waals surface area contributed by atoms with Crippen LogP contribution in [0.5, 0.6) is 11.6 Å². The Bertz CT molecular complexity index is 643. The van der Waals surface area contributed by atoms with E-state index in [0.717, 1.165) is 11.1 Å². The molecule has 1 aromatic heterocycles. The number of ether oxygens (including phenoxy) is 1. The minimum atomic E-state index is -0.456. The van der Waals surface area contributed by atoms with E-state index in [0.29, 0.717) is 5.56 Å². The summed E-state index contributed by atoms with van der Waals surface area (Å²) in [6.07, 6.45) is 1.57. The van der Waals surface area contributed by atoms with Gasteiger partial charge in [-0.15, -0.1) is 0 Å². The average molecular weight is 276 g/mol. The minimum Gasteiger partial charge on any atom is -0.435 e. The van der Waals surface area contributed by atoms with Gasteiger partial charge in [0.2, 0.25) is 5.88 Å². The zero-order valence-electron chi connectivity index (χ0n) is 10.6. The van der Waals surface area contributed by atoms with Crippen LogP contribution in [0.4, 0.5) is 4.39 Å². The number of aryl methyl sites for hydroxylation is 2. The van der Waals surface area contributed by atoms with E-state index in [1.54, 1.807) is 24.4 Å². The van der Waals surface area contributed by atoms with Crippen molar-refractivity contribution in [2.24, 2.45) is 5.73 Å². The predicted molar refractivity (Wildman–Crippen MR) is 76.1 cm³/mol. The molecule has 0 spiro atoms. The molecule has 0 aliphatic rings. The molecular weight excluding hydrogens is 263 g/mol. The molecule has 0 unspecified atom stereocenters. The number of halogens is 1. The van der Waals surface area contributed by atoms with Gasteiger partial charge in [0.25, 0.3) is 0 Å². The van der Waals surface area contributed by atoms with Gasteiger partial charge in [-0.1, -0.05) is 18.3 Å². The molecule has 3 nitrogen and oxygen atoms in total. The Balaban J connectivity index is 2.46. The summed E-state index contributed by atoms with van der Waals surface area (Å²) in [6.45, 7) is 3.69. The van der Waals surface area contributed by atoms with Gasteiger partial charge in [0.05, 0.1) is 5.56 Å². The Hall–Kier alpha value is -2.01. The summed E-state index contributed by atoms with van der Waals surface area (Å²) in [5.41, 5.74) is 7.91. The number of hydrogen-bond donors (Lipinski definition) is 1. The fourth-order valence-electron chi connectivity index (χ4n) is 1.70. The number of pyridine rings is 1. The van der Waals surface area contributed by atoms with Crippen LogP contribution in [0.1, 0.15) is 16.7 Å². The topological polar surface area (TPSA) is 48.1 Å². The van der Waals surface area contributed by atoms with Crippen LogP contribution < -0.4 is 10.5 Å². The minimum absolute atomic E-state index is 0.107. The first-order chi connectivity index (χ1) is 8.99. The lowest BCUT2D eigenvalue weighted by Gasteiger charge is -2.12. The number of nitrogens with zero attached hydrogens (tertiary/aromatic N) is 1. The van der Waals surface area contributed by atoms with Crippen molar-refractivity contribution in [2.75, 3.05) is 0 Å². The van der Waals surface area contributed by atoms with Gasteiger partial charge in [-0.3, -0.25) is 0 Å². The molecule has 0 bridgehead atoms. The van der Waals surface area contributed by atoms with Crippen molar-refractivity contribution in [3.63, 3.8) is 0 Å². The molecule has 0 aliphatic carbocycles. The van der Waals surface area contributed by atoms with E-state index in [-0.39, 0.29) is 16.6 Å². The van der Waals surface area contributed by atoms with Crippen molar-refractivity contribution in [3.05, 3.63) is 53.0 Å². The molecule has 0 saturated heterocycles. The van der Waals surface area contributed by atoms with Gasteiger partial charge >= 0.3 is 0 Å². The van der Waals surface area contributed by atoms with Gasteiger partial charge < -0.3 is 10.5 Å². The molecule has 1 aromatic carbocycles. The molecule has 0 amide bonds. The second-order valence-corrected chi connectivity index (χ2v) is 4.65. The smallest absolute Gasteiger partial charge is 0.229 e. The van der Waals surface area contributed by atoms with Gasteiger partial charge in [-0.05, 0) is 43.2 Å². The normalized spacial score (nSPS) is 10.3. The molecule has 0 atom stereocenters. The van der Waals surface area contributed by atoms with Crippen LogP contribution >= 0.6 is 12.2 Å². The van der Waals surface area contributed by atoms with Crippen LogP contribution in [0, 0.1) is 19.7 Å². The number of hydrogen-bond acceptors (Lipinski definition) is 3. The molecule has 0 saturated carbocycles. The van der Waals surface area contributed by atoms with Gasteiger partial charge in [-0.2, -0.15) is 0 Å². The average Bonchev–Trinajstić information content (AvgIpc) is 2.33. The first-order valence-electron chi connectivity index (χ1n) is 5.68. The third-order valence-electron chi connectivity index (χ3n) is 2.66. The van der Waals surface area contributed by atoms with Crippen molar-refractivity contribution in [3.8, 4) is 11.6 Å². The summed E-state index contributed by atoms with van der Waals surface area (Å²) in [4.78, 5) is 4.25. The number of nitrogens with two attached hydrogens (primary N) is 1. The summed E-state index contributed by atoms with van der Waals surface area (Å²) >= 11 is 4.98. The molecule has 19 heavy (non-hydrogen) atoms. The first-order valence-corrected chi connectivity index (χ1v) is 6.09. The van der Waals surface area contributed by atoms with Crippen LogP contribution in [0.25, 0.3) is 0 Å². The highest BCUT2D eigenvalue weighted by molar-refractivity contribution is 7.80. The summed E-state index contributed by atoms with van der Waals surface area (Å²) in [5, 5.41) is 0. The fourth-order valence-corrected chi connectivity index (χ4v) is 1.95. The molecule has 2 N–H and O–H groups in total. The van der Waals surface area contributed by atoms with E-state index in [2.05, 4.69) is 4.98 Å². The number of benzene rings is 1. The second-order valence-electron chi connectivity index (χ2n) is 4.21. The van der Waals surface area contributed by atoms with Crippen LogP contribution in [-0.4, -0.2) is 9.97 Å². The largest absolute Gasteiger partial charge is 0.435 e. The maximum Gasteiger partial charge on any atom is 0.229 e. The third kappa shape index (κ3) is 2.88. The molecule has 2 aromatic rings. The summed E-state index contributed by atoms with van der Waals surface area (Å²) < 4.78 is 19.2. The molecule has 5 heteroatoms. The second kappa shape index (κ2) is 5.32. The lowest BCUT2D eigenvalue weighted by atomic mass is 10.1. The lowest BCUT2D eigenvalue weighted by Crippen LogP contribution is -2.13. The maximum absolute atomic E-state index is 13.7. The highest BCUT2D eigenvalue weighted by Crippen LogP contribution is 2.27. The van der Waals surface area contributed by atoms with Crippen LogP contribution in [-0.2, 0) is 0 Å². The highest BCUT2D eigenvalue weighted by Gasteiger charge is 2.14.